The fourth-order valence-corrected chi connectivity index (χ4v) is 3.87. The number of nitrogens with zero attached hydrogens (tertiary/aromatic N) is 3. The molecule has 0 amide bonds. The van der Waals surface area contributed by atoms with Crippen molar-refractivity contribution >= 4 is 5.78 Å². The number of likely N-dealkylation sites (tertiary alicyclic amines) is 1. The van der Waals surface area contributed by atoms with Gasteiger partial charge in [-0.15, -0.1) is 0 Å². The number of rotatable bonds is 7. The van der Waals surface area contributed by atoms with Crippen LogP contribution in [0.1, 0.15) is 28.8 Å². The number of benzene rings is 2. The van der Waals surface area contributed by atoms with Gasteiger partial charge in [0.2, 0.25) is 0 Å². The molecule has 1 unspecified atom stereocenters. The molecule has 1 aromatic heterocycles. The SMILES string of the molecule is COc1ccc(F)cc1C(=O)C1CCCN(Cc2ccc(Oc3ncccn3)cc2)C1. The number of carbonyl (C=O) groups excluding carboxylic acids is 1. The lowest BCUT2D eigenvalue weighted by molar-refractivity contribution is 0.0808. The van der Waals surface area contributed by atoms with E-state index in [9.17, 15) is 9.18 Å². The van der Waals surface area contributed by atoms with E-state index < -0.39 is 5.82 Å². The Morgan fingerprint density at radius 2 is 1.94 bits per heavy atom. The molecule has 0 N–H and O–H groups in total. The molecule has 7 heteroatoms. The van der Waals surface area contributed by atoms with Crippen LogP contribution in [0, 0.1) is 11.7 Å². The first-order chi connectivity index (χ1) is 15.1. The van der Waals surface area contributed by atoms with E-state index in [0.717, 1.165) is 31.5 Å². The van der Waals surface area contributed by atoms with Gasteiger partial charge in [-0.05, 0) is 61.3 Å². The van der Waals surface area contributed by atoms with Crippen LogP contribution in [0.3, 0.4) is 0 Å². The molecule has 2 aromatic carbocycles. The van der Waals surface area contributed by atoms with Gasteiger partial charge in [-0.1, -0.05) is 12.1 Å². The maximum Gasteiger partial charge on any atom is 0.321 e. The highest BCUT2D eigenvalue weighted by Gasteiger charge is 2.28. The number of aromatic nitrogens is 2. The molecule has 0 bridgehead atoms. The molecular formula is C24H24FN3O3. The van der Waals surface area contributed by atoms with Gasteiger partial charge >= 0.3 is 6.01 Å². The first-order valence-corrected chi connectivity index (χ1v) is 10.3. The van der Waals surface area contributed by atoms with Gasteiger partial charge in [0.25, 0.3) is 0 Å². The van der Waals surface area contributed by atoms with Crippen molar-refractivity contribution in [3.05, 3.63) is 77.9 Å². The summed E-state index contributed by atoms with van der Waals surface area (Å²) in [5, 5.41) is 0. The Morgan fingerprint density at radius 3 is 2.68 bits per heavy atom. The second-order valence-corrected chi connectivity index (χ2v) is 7.56. The van der Waals surface area contributed by atoms with Gasteiger partial charge in [0, 0.05) is 31.4 Å². The molecule has 4 rings (SSSR count). The number of hydrogen-bond acceptors (Lipinski definition) is 6. The minimum atomic E-state index is -0.431. The summed E-state index contributed by atoms with van der Waals surface area (Å²) < 4.78 is 24.6. The topological polar surface area (TPSA) is 64.5 Å². The molecule has 1 aliphatic rings. The molecule has 31 heavy (non-hydrogen) atoms. The molecule has 3 aromatic rings. The van der Waals surface area contributed by atoms with E-state index >= 15 is 0 Å². The molecule has 6 nitrogen and oxygen atoms in total. The molecule has 0 saturated carbocycles. The van der Waals surface area contributed by atoms with Crippen molar-refractivity contribution in [2.45, 2.75) is 19.4 Å². The smallest absolute Gasteiger partial charge is 0.321 e. The van der Waals surface area contributed by atoms with Crippen LogP contribution in [0.4, 0.5) is 4.39 Å². The minimum absolute atomic E-state index is 0.0624. The first-order valence-electron chi connectivity index (χ1n) is 10.3. The number of Topliss-reactive ketones (excluding diaryl/α,β-unsaturated/α-hetero) is 1. The second-order valence-electron chi connectivity index (χ2n) is 7.56. The van der Waals surface area contributed by atoms with Crippen LogP contribution < -0.4 is 9.47 Å². The molecule has 0 spiro atoms. The van der Waals surface area contributed by atoms with Gasteiger partial charge in [0.05, 0.1) is 12.7 Å². The zero-order chi connectivity index (χ0) is 21.6. The number of ether oxygens (including phenoxy) is 2. The van der Waals surface area contributed by atoms with E-state index in [1.165, 1.54) is 25.3 Å². The van der Waals surface area contributed by atoms with E-state index in [4.69, 9.17) is 9.47 Å². The Kier molecular flexibility index (Phi) is 6.52. The van der Waals surface area contributed by atoms with Crippen LogP contribution in [0.25, 0.3) is 0 Å². The molecule has 160 valence electrons. The fraction of sp³-hybridized carbons (Fsp3) is 0.292. The van der Waals surface area contributed by atoms with E-state index in [1.807, 2.05) is 24.3 Å². The zero-order valence-electron chi connectivity index (χ0n) is 17.3. The Balaban J connectivity index is 1.39. The molecule has 1 aliphatic heterocycles. The van der Waals surface area contributed by atoms with E-state index in [2.05, 4.69) is 14.9 Å². The summed E-state index contributed by atoms with van der Waals surface area (Å²) in [5.74, 6) is 0.413. The van der Waals surface area contributed by atoms with Gasteiger partial charge in [0.1, 0.15) is 17.3 Å². The van der Waals surface area contributed by atoms with Crippen molar-refractivity contribution in [2.24, 2.45) is 5.92 Å². The van der Waals surface area contributed by atoms with Crippen molar-refractivity contribution in [1.82, 2.24) is 14.9 Å². The summed E-state index contributed by atoms with van der Waals surface area (Å²) in [6, 6.07) is 13.9. The Morgan fingerprint density at radius 1 is 1.16 bits per heavy atom. The van der Waals surface area contributed by atoms with Crippen molar-refractivity contribution in [1.29, 1.82) is 0 Å². The maximum absolute atomic E-state index is 13.7. The van der Waals surface area contributed by atoms with Crippen molar-refractivity contribution in [3.63, 3.8) is 0 Å². The Hall–Kier alpha value is -3.32. The normalized spacial score (nSPS) is 16.6. The number of ketones is 1. The number of piperidine rings is 1. The lowest BCUT2D eigenvalue weighted by Gasteiger charge is -2.32. The predicted octanol–water partition coefficient (Wildman–Crippen LogP) is 4.51. The third-order valence-corrected chi connectivity index (χ3v) is 5.38. The summed E-state index contributed by atoms with van der Waals surface area (Å²) in [7, 11) is 1.49. The summed E-state index contributed by atoms with van der Waals surface area (Å²) in [6.45, 7) is 2.28. The number of halogens is 1. The zero-order valence-corrected chi connectivity index (χ0v) is 17.3. The minimum Gasteiger partial charge on any atom is -0.496 e. The lowest BCUT2D eigenvalue weighted by atomic mass is 9.89. The molecule has 0 aliphatic carbocycles. The second kappa shape index (κ2) is 9.66. The Labute approximate surface area is 180 Å². The van der Waals surface area contributed by atoms with Gasteiger partial charge < -0.3 is 9.47 Å². The third kappa shape index (κ3) is 5.24. The van der Waals surface area contributed by atoms with E-state index in [-0.39, 0.29) is 11.7 Å². The van der Waals surface area contributed by atoms with Crippen LogP contribution in [-0.2, 0) is 6.54 Å². The van der Waals surface area contributed by atoms with Crippen molar-refractivity contribution in [2.75, 3.05) is 20.2 Å². The van der Waals surface area contributed by atoms with Crippen LogP contribution in [0.15, 0.2) is 60.9 Å². The highest BCUT2D eigenvalue weighted by Crippen LogP contribution is 2.28. The van der Waals surface area contributed by atoms with Gasteiger partial charge in [0.15, 0.2) is 5.78 Å². The first kappa shape index (κ1) is 20.9. The third-order valence-electron chi connectivity index (χ3n) is 5.38. The van der Waals surface area contributed by atoms with Crippen molar-refractivity contribution < 1.29 is 18.7 Å². The number of hydrogen-bond donors (Lipinski definition) is 0. The Bertz CT molecular complexity index is 1030. The summed E-state index contributed by atoms with van der Waals surface area (Å²) in [4.78, 5) is 23.4. The van der Waals surface area contributed by atoms with Crippen molar-refractivity contribution in [3.8, 4) is 17.5 Å². The van der Waals surface area contributed by atoms with Gasteiger partial charge in [-0.2, -0.15) is 0 Å². The predicted molar refractivity (Wildman–Crippen MR) is 114 cm³/mol. The molecule has 1 fully saturated rings. The average molecular weight is 421 g/mol. The fourth-order valence-electron chi connectivity index (χ4n) is 3.87. The van der Waals surface area contributed by atoms with Gasteiger partial charge in [-0.25, -0.2) is 14.4 Å². The summed E-state index contributed by atoms with van der Waals surface area (Å²) >= 11 is 0. The lowest BCUT2D eigenvalue weighted by Crippen LogP contribution is -2.38. The summed E-state index contributed by atoms with van der Waals surface area (Å²) in [5.41, 5.74) is 1.44. The molecule has 0 radical (unpaired) electrons. The largest absolute Gasteiger partial charge is 0.496 e. The maximum atomic E-state index is 13.7. The molecule has 2 heterocycles. The molecule has 1 saturated heterocycles. The van der Waals surface area contributed by atoms with Crippen LogP contribution in [0.2, 0.25) is 0 Å². The summed E-state index contributed by atoms with van der Waals surface area (Å²) in [6.07, 6.45) is 4.97. The number of carbonyl (C=O) groups is 1. The van der Waals surface area contributed by atoms with Crippen LogP contribution in [-0.4, -0.2) is 40.9 Å². The quantitative estimate of drug-likeness (QED) is 0.523. The highest BCUT2D eigenvalue weighted by molar-refractivity contribution is 6.00. The van der Waals surface area contributed by atoms with Crippen LogP contribution >= 0.6 is 0 Å². The number of methoxy groups -OCH3 is 1. The standard InChI is InChI=1S/C24H24FN3O3/c1-30-22-10-7-19(25)14-21(22)23(29)18-4-2-13-28(16-18)15-17-5-8-20(9-6-17)31-24-26-11-3-12-27-24/h3,5-12,14,18H,2,4,13,15-16H2,1H3. The average Bonchev–Trinajstić information content (AvgIpc) is 2.81. The van der Waals surface area contributed by atoms with Gasteiger partial charge in [-0.3, -0.25) is 9.69 Å². The molecular weight excluding hydrogens is 397 g/mol. The highest BCUT2D eigenvalue weighted by atomic mass is 19.1. The molecule has 1 atom stereocenters. The van der Waals surface area contributed by atoms with E-state index in [1.54, 1.807) is 18.5 Å². The van der Waals surface area contributed by atoms with Crippen LogP contribution in [0.5, 0.6) is 17.5 Å². The van der Waals surface area contributed by atoms with E-state index in [0.29, 0.717) is 29.6 Å². The monoisotopic (exact) mass is 421 g/mol.